The molecule has 2 rings (SSSR count). The molecule has 1 heterocycles. The SMILES string of the molecule is CCC(C)C(C)n1c(=S)[nH]c2cc(OC)ccc21. The Balaban J connectivity index is 2.57. The number of H-pyrrole nitrogens is 1. The van der Waals surface area contributed by atoms with Crippen LogP contribution in [0.5, 0.6) is 5.75 Å². The van der Waals surface area contributed by atoms with Crippen molar-refractivity contribution in [3.8, 4) is 5.75 Å². The Morgan fingerprint density at radius 3 is 2.72 bits per heavy atom. The van der Waals surface area contributed by atoms with Gasteiger partial charge in [0.1, 0.15) is 5.75 Å². The second-order valence-corrected chi connectivity index (χ2v) is 5.20. The summed E-state index contributed by atoms with van der Waals surface area (Å²) >= 11 is 5.44. The molecule has 0 aliphatic heterocycles. The second kappa shape index (κ2) is 5.14. The number of aromatic nitrogens is 2. The quantitative estimate of drug-likeness (QED) is 0.834. The lowest BCUT2D eigenvalue weighted by Gasteiger charge is -2.20. The van der Waals surface area contributed by atoms with E-state index in [1.807, 2.05) is 12.1 Å². The number of nitrogens with zero attached hydrogens (tertiary/aromatic N) is 1. The minimum Gasteiger partial charge on any atom is -0.497 e. The van der Waals surface area contributed by atoms with E-state index in [-0.39, 0.29) is 0 Å². The Morgan fingerprint density at radius 1 is 1.39 bits per heavy atom. The van der Waals surface area contributed by atoms with Crippen molar-refractivity contribution in [2.45, 2.75) is 33.2 Å². The Bertz CT molecular complexity index is 599. The van der Waals surface area contributed by atoms with Gasteiger partial charge in [-0.25, -0.2) is 0 Å². The molecule has 18 heavy (non-hydrogen) atoms. The predicted octanol–water partition coefficient (Wildman–Crippen LogP) is 4.31. The first-order valence-electron chi connectivity index (χ1n) is 6.36. The van der Waals surface area contributed by atoms with Crippen molar-refractivity contribution in [2.24, 2.45) is 5.92 Å². The monoisotopic (exact) mass is 264 g/mol. The molecular formula is C14H20N2OS. The van der Waals surface area contributed by atoms with Crippen LogP contribution in [0.4, 0.5) is 0 Å². The van der Waals surface area contributed by atoms with E-state index in [0.29, 0.717) is 12.0 Å². The van der Waals surface area contributed by atoms with Crippen LogP contribution in [0.2, 0.25) is 0 Å². The van der Waals surface area contributed by atoms with Crippen LogP contribution >= 0.6 is 12.2 Å². The third-order valence-electron chi connectivity index (χ3n) is 3.80. The normalized spacial score (nSPS) is 14.7. The first-order valence-corrected chi connectivity index (χ1v) is 6.77. The number of fused-ring (bicyclic) bond motifs is 1. The van der Waals surface area contributed by atoms with Crippen molar-refractivity contribution in [3.63, 3.8) is 0 Å². The summed E-state index contributed by atoms with van der Waals surface area (Å²) in [6.07, 6.45) is 1.14. The maximum Gasteiger partial charge on any atom is 0.178 e. The van der Waals surface area contributed by atoms with Gasteiger partial charge in [0, 0.05) is 12.1 Å². The highest BCUT2D eigenvalue weighted by Crippen LogP contribution is 2.27. The summed E-state index contributed by atoms with van der Waals surface area (Å²) in [5, 5.41) is 0. The molecule has 1 aromatic carbocycles. The van der Waals surface area contributed by atoms with Crippen molar-refractivity contribution in [3.05, 3.63) is 23.0 Å². The first-order chi connectivity index (χ1) is 8.58. The van der Waals surface area contributed by atoms with Gasteiger partial charge in [-0.15, -0.1) is 0 Å². The van der Waals surface area contributed by atoms with Crippen LogP contribution < -0.4 is 4.74 Å². The number of benzene rings is 1. The molecule has 0 fully saturated rings. The molecular weight excluding hydrogens is 244 g/mol. The van der Waals surface area contributed by atoms with Crippen molar-refractivity contribution in [1.29, 1.82) is 0 Å². The van der Waals surface area contributed by atoms with Crippen LogP contribution in [0.1, 0.15) is 33.2 Å². The zero-order valence-corrected chi connectivity index (χ0v) is 12.2. The highest BCUT2D eigenvalue weighted by atomic mass is 32.1. The third-order valence-corrected chi connectivity index (χ3v) is 4.10. The average Bonchev–Trinajstić information content (AvgIpc) is 2.71. The smallest absolute Gasteiger partial charge is 0.178 e. The van der Waals surface area contributed by atoms with Crippen LogP contribution in [0.15, 0.2) is 18.2 Å². The standard InChI is InChI=1S/C14H20N2OS/c1-5-9(2)10(3)16-13-7-6-11(17-4)8-12(13)15-14(16)18/h6-10H,5H2,1-4H3,(H,15,18). The molecule has 0 spiro atoms. The van der Waals surface area contributed by atoms with Gasteiger partial charge >= 0.3 is 0 Å². The summed E-state index contributed by atoms with van der Waals surface area (Å²) < 4.78 is 8.23. The summed E-state index contributed by atoms with van der Waals surface area (Å²) in [7, 11) is 1.68. The van der Waals surface area contributed by atoms with E-state index >= 15 is 0 Å². The van der Waals surface area contributed by atoms with E-state index in [2.05, 4.69) is 36.4 Å². The van der Waals surface area contributed by atoms with Crippen molar-refractivity contribution < 1.29 is 4.74 Å². The fourth-order valence-corrected chi connectivity index (χ4v) is 2.61. The summed E-state index contributed by atoms with van der Waals surface area (Å²) in [4.78, 5) is 3.26. The van der Waals surface area contributed by atoms with Gasteiger partial charge in [0.15, 0.2) is 4.77 Å². The van der Waals surface area contributed by atoms with Gasteiger partial charge in [0.25, 0.3) is 0 Å². The number of rotatable bonds is 4. The van der Waals surface area contributed by atoms with Gasteiger partial charge in [-0.2, -0.15) is 0 Å². The third kappa shape index (κ3) is 2.17. The lowest BCUT2D eigenvalue weighted by atomic mass is 10.0. The number of nitrogens with one attached hydrogen (secondary N) is 1. The lowest BCUT2D eigenvalue weighted by molar-refractivity contribution is 0.374. The van der Waals surface area contributed by atoms with Gasteiger partial charge < -0.3 is 14.3 Å². The molecule has 2 aromatic rings. The lowest BCUT2D eigenvalue weighted by Crippen LogP contribution is -2.13. The number of methoxy groups -OCH3 is 1. The van der Waals surface area contributed by atoms with Crippen molar-refractivity contribution >= 4 is 23.3 Å². The van der Waals surface area contributed by atoms with E-state index in [4.69, 9.17) is 17.0 Å². The predicted molar refractivity (Wildman–Crippen MR) is 77.8 cm³/mol. The number of imidazole rings is 1. The summed E-state index contributed by atoms with van der Waals surface area (Å²) in [5.41, 5.74) is 2.18. The van der Waals surface area contributed by atoms with Crippen LogP contribution in [0.25, 0.3) is 11.0 Å². The second-order valence-electron chi connectivity index (χ2n) is 4.81. The Hall–Kier alpha value is -1.29. The van der Waals surface area contributed by atoms with E-state index in [1.165, 1.54) is 0 Å². The molecule has 2 unspecified atom stereocenters. The summed E-state index contributed by atoms with van der Waals surface area (Å²) in [6.45, 7) is 6.69. The largest absolute Gasteiger partial charge is 0.497 e. The summed E-state index contributed by atoms with van der Waals surface area (Å²) in [6, 6.07) is 6.43. The molecule has 0 saturated carbocycles. The maximum absolute atomic E-state index is 5.44. The fraction of sp³-hybridized carbons (Fsp3) is 0.500. The topological polar surface area (TPSA) is 29.9 Å². The molecule has 0 radical (unpaired) electrons. The number of hydrogen-bond donors (Lipinski definition) is 1. The molecule has 98 valence electrons. The van der Waals surface area contributed by atoms with E-state index < -0.39 is 0 Å². The van der Waals surface area contributed by atoms with Gasteiger partial charge in [-0.3, -0.25) is 0 Å². The number of hydrogen-bond acceptors (Lipinski definition) is 2. The molecule has 1 N–H and O–H groups in total. The maximum atomic E-state index is 5.44. The Labute approximate surface area is 113 Å². The highest BCUT2D eigenvalue weighted by Gasteiger charge is 2.16. The molecule has 0 saturated heterocycles. The Kier molecular flexibility index (Phi) is 3.76. The molecule has 0 aliphatic carbocycles. The van der Waals surface area contributed by atoms with Crippen molar-refractivity contribution in [2.75, 3.05) is 7.11 Å². The van der Waals surface area contributed by atoms with E-state index in [9.17, 15) is 0 Å². The minimum atomic E-state index is 0.393. The molecule has 2 atom stereocenters. The van der Waals surface area contributed by atoms with Crippen LogP contribution in [0, 0.1) is 10.7 Å². The number of ether oxygens (including phenoxy) is 1. The first kappa shape index (κ1) is 13.1. The number of aromatic amines is 1. The Morgan fingerprint density at radius 2 is 2.11 bits per heavy atom. The molecule has 1 aromatic heterocycles. The highest BCUT2D eigenvalue weighted by molar-refractivity contribution is 7.71. The average molecular weight is 264 g/mol. The zero-order chi connectivity index (χ0) is 13.3. The minimum absolute atomic E-state index is 0.393. The molecule has 0 amide bonds. The van der Waals surface area contributed by atoms with Gasteiger partial charge in [-0.1, -0.05) is 20.3 Å². The van der Waals surface area contributed by atoms with Crippen LogP contribution in [-0.4, -0.2) is 16.7 Å². The van der Waals surface area contributed by atoms with Gasteiger partial charge in [0.2, 0.25) is 0 Å². The molecule has 0 bridgehead atoms. The molecule has 4 heteroatoms. The van der Waals surface area contributed by atoms with Crippen molar-refractivity contribution in [1.82, 2.24) is 9.55 Å². The summed E-state index contributed by atoms with van der Waals surface area (Å²) in [5.74, 6) is 1.44. The van der Waals surface area contributed by atoms with Crippen LogP contribution in [0.3, 0.4) is 0 Å². The molecule has 3 nitrogen and oxygen atoms in total. The van der Waals surface area contributed by atoms with E-state index in [0.717, 1.165) is 28.0 Å². The fourth-order valence-electron chi connectivity index (χ4n) is 2.24. The van der Waals surface area contributed by atoms with Gasteiger partial charge in [-0.05, 0) is 37.2 Å². The van der Waals surface area contributed by atoms with E-state index in [1.54, 1.807) is 7.11 Å². The molecule has 0 aliphatic rings. The zero-order valence-electron chi connectivity index (χ0n) is 11.4. The van der Waals surface area contributed by atoms with Gasteiger partial charge in [0.05, 0.1) is 18.1 Å². The van der Waals surface area contributed by atoms with Crippen LogP contribution in [-0.2, 0) is 0 Å².